The van der Waals surface area contributed by atoms with Crippen LogP contribution in [0.3, 0.4) is 0 Å². The molecule has 2 rings (SSSR count). The minimum atomic E-state index is -0.269. The zero-order valence-corrected chi connectivity index (χ0v) is 16.4. The van der Waals surface area contributed by atoms with Gasteiger partial charge in [-0.1, -0.05) is 0 Å². The van der Waals surface area contributed by atoms with Crippen LogP contribution in [0.1, 0.15) is 0 Å². The van der Waals surface area contributed by atoms with E-state index in [0.29, 0.717) is 20.0 Å². The number of aromatic nitrogens is 2. The van der Waals surface area contributed by atoms with Crippen LogP contribution in [-0.4, -0.2) is 32.6 Å². The Kier molecular flexibility index (Phi) is 5.52. The second-order valence-electron chi connectivity index (χ2n) is 3.99. The molecule has 1 aromatic heterocycles. The molecule has 0 radical (unpaired) electrons. The maximum absolute atomic E-state index is 12.4. The highest BCUT2D eigenvalue weighted by Crippen LogP contribution is 2.43. The van der Waals surface area contributed by atoms with Crippen molar-refractivity contribution in [3.05, 3.63) is 28.4 Å². The van der Waals surface area contributed by atoms with Gasteiger partial charge in [-0.3, -0.25) is 9.13 Å². The lowest BCUT2D eigenvalue weighted by atomic mass is 10.3. The van der Waals surface area contributed by atoms with Gasteiger partial charge in [0.15, 0.2) is 0 Å². The number of hydrogen-bond acceptors (Lipinski definition) is 3. The van der Waals surface area contributed by atoms with Crippen molar-refractivity contribution in [1.29, 1.82) is 0 Å². The van der Waals surface area contributed by atoms with E-state index < -0.39 is 0 Å². The summed E-state index contributed by atoms with van der Waals surface area (Å²) in [6.45, 7) is 0.0888. The molecule has 1 heterocycles. The first kappa shape index (κ1) is 16.7. The largest absolute Gasteiger partial charge is 0.395 e. The van der Waals surface area contributed by atoms with Crippen molar-refractivity contribution in [2.75, 3.05) is 13.2 Å². The van der Waals surface area contributed by atoms with Crippen LogP contribution in [0.5, 0.6) is 0 Å². The topological polar surface area (TPSA) is 67.4 Å². The molecular weight excluding hydrogens is 528 g/mol. The van der Waals surface area contributed by atoms with Gasteiger partial charge in [-0.25, -0.2) is 4.79 Å². The van der Waals surface area contributed by atoms with Crippen molar-refractivity contribution in [3.63, 3.8) is 0 Å². The summed E-state index contributed by atoms with van der Waals surface area (Å²) in [5.41, 5.74) is 1.06. The zero-order chi connectivity index (χ0) is 15.0. The average Bonchev–Trinajstić information content (AvgIpc) is 2.69. The van der Waals surface area contributed by atoms with Gasteiger partial charge in [-0.05, 0) is 63.7 Å². The van der Waals surface area contributed by atoms with Gasteiger partial charge in [0, 0.05) is 8.95 Å². The van der Waals surface area contributed by atoms with Crippen molar-refractivity contribution in [1.82, 2.24) is 9.13 Å². The van der Waals surface area contributed by atoms with Crippen LogP contribution in [0.15, 0.2) is 22.7 Å². The van der Waals surface area contributed by atoms with Gasteiger partial charge in [0.05, 0.1) is 46.3 Å². The van der Waals surface area contributed by atoms with Crippen LogP contribution in [0.4, 0.5) is 0 Å². The number of aliphatic hydroxyl groups is 2. The molecule has 0 fully saturated rings. The van der Waals surface area contributed by atoms with Crippen LogP contribution in [0.2, 0.25) is 0 Å². The monoisotopic (exact) mass is 534 g/mol. The Morgan fingerprint density at radius 1 is 0.750 bits per heavy atom. The number of halogens is 4. The van der Waals surface area contributed by atoms with Crippen LogP contribution in [0, 0.1) is 0 Å². The van der Waals surface area contributed by atoms with E-state index in [9.17, 15) is 4.79 Å². The van der Waals surface area contributed by atoms with E-state index in [4.69, 9.17) is 10.2 Å². The molecule has 2 N–H and O–H groups in total. The SMILES string of the molecule is O=c1n(CCO)c2c(Br)c(Br)c(Br)c(Br)c2n1CCO. The molecule has 0 bridgehead atoms. The first-order chi connectivity index (χ1) is 9.45. The molecule has 0 aliphatic heterocycles. The fourth-order valence-corrected chi connectivity index (χ4v) is 4.56. The molecular formula is C11H10Br4N2O3. The van der Waals surface area contributed by atoms with Crippen molar-refractivity contribution >= 4 is 74.8 Å². The molecule has 20 heavy (non-hydrogen) atoms. The van der Waals surface area contributed by atoms with Crippen LogP contribution < -0.4 is 5.69 Å². The maximum atomic E-state index is 12.4. The molecule has 0 saturated carbocycles. The van der Waals surface area contributed by atoms with E-state index >= 15 is 0 Å². The molecule has 1 aromatic carbocycles. The molecule has 0 amide bonds. The summed E-state index contributed by atoms with van der Waals surface area (Å²) in [6.07, 6.45) is 0. The molecule has 0 unspecified atom stereocenters. The number of rotatable bonds is 4. The van der Waals surface area contributed by atoms with E-state index in [1.165, 1.54) is 9.13 Å². The van der Waals surface area contributed by atoms with E-state index in [2.05, 4.69) is 63.7 Å². The van der Waals surface area contributed by atoms with Gasteiger partial charge in [-0.15, -0.1) is 0 Å². The number of hydrogen-bond donors (Lipinski definition) is 2. The van der Waals surface area contributed by atoms with Crippen molar-refractivity contribution in [2.24, 2.45) is 0 Å². The number of benzene rings is 1. The highest BCUT2D eigenvalue weighted by Gasteiger charge is 2.22. The van der Waals surface area contributed by atoms with Gasteiger partial charge in [0.2, 0.25) is 0 Å². The fourth-order valence-electron chi connectivity index (χ4n) is 2.05. The lowest BCUT2D eigenvalue weighted by Gasteiger charge is -2.09. The summed E-state index contributed by atoms with van der Waals surface area (Å²) >= 11 is 13.8. The van der Waals surface area contributed by atoms with E-state index in [0.717, 1.165) is 8.95 Å². The smallest absolute Gasteiger partial charge is 0.329 e. The minimum Gasteiger partial charge on any atom is -0.395 e. The van der Waals surface area contributed by atoms with Gasteiger partial charge in [-0.2, -0.15) is 0 Å². The predicted molar refractivity (Wildman–Crippen MR) is 91.2 cm³/mol. The second-order valence-corrected chi connectivity index (χ2v) is 7.16. The molecule has 0 aliphatic carbocycles. The van der Waals surface area contributed by atoms with Gasteiger partial charge >= 0.3 is 5.69 Å². The minimum absolute atomic E-state index is 0.143. The van der Waals surface area contributed by atoms with Crippen LogP contribution in [0.25, 0.3) is 11.0 Å². The Morgan fingerprint density at radius 2 is 1.10 bits per heavy atom. The Hall–Kier alpha value is 0.330. The third-order valence-electron chi connectivity index (χ3n) is 2.87. The van der Waals surface area contributed by atoms with Crippen LogP contribution in [-0.2, 0) is 13.1 Å². The van der Waals surface area contributed by atoms with E-state index in [1.54, 1.807) is 0 Å². The third-order valence-corrected chi connectivity index (χ3v) is 7.59. The Morgan fingerprint density at radius 3 is 1.40 bits per heavy atom. The molecule has 0 saturated heterocycles. The summed E-state index contributed by atoms with van der Waals surface area (Å²) in [6, 6.07) is 0. The van der Waals surface area contributed by atoms with Crippen molar-refractivity contribution in [2.45, 2.75) is 13.1 Å². The van der Waals surface area contributed by atoms with Gasteiger partial charge in [0.25, 0.3) is 0 Å². The quantitative estimate of drug-likeness (QED) is 0.466. The summed E-state index contributed by atoms with van der Waals surface area (Å²) in [7, 11) is 0. The molecule has 0 atom stereocenters. The number of fused-ring (bicyclic) bond motifs is 1. The Labute approximate surface area is 148 Å². The molecule has 9 heteroatoms. The maximum Gasteiger partial charge on any atom is 0.329 e. The van der Waals surface area contributed by atoms with Crippen molar-refractivity contribution < 1.29 is 10.2 Å². The highest BCUT2D eigenvalue weighted by molar-refractivity contribution is 9.15. The van der Waals surface area contributed by atoms with Gasteiger partial charge < -0.3 is 10.2 Å². The first-order valence-electron chi connectivity index (χ1n) is 5.62. The Balaban J connectivity index is 3.00. The lowest BCUT2D eigenvalue weighted by Crippen LogP contribution is -2.26. The summed E-state index contributed by atoms with van der Waals surface area (Å²) in [5, 5.41) is 18.3. The summed E-state index contributed by atoms with van der Waals surface area (Å²) in [4.78, 5) is 12.4. The van der Waals surface area contributed by atoms with Gasteiger partial charge in [0.1, 0.15) is 0 Å². The van der Waals surface area contributed by atoms with E-state index in [-0.39, 0.29) is 32.0 Å². The van der Waals surface area contributed by atoms with Crippen LogP contribution >= 0.6 is 63.7 Å². The molecule has 0 spiro atoms. The predicted octanol–water partition coefficient (Wildman–Crippen LogP) is 2.84. The molecule has 0 aliphatic rings. The number of imidazole rings is 1. The normalized spacial score (nSPS) is 11.5. The molecule has 5 nitrogen and oxygen atoms in total. The highest BCUT2D eigenvalue weighted by atomic mass is 79.9. The van der Waals surface area contributed by atoms with E-state index in [1.807, 2.05) is 0 Å². The fraction of sp³-hybridized carbons (Fsp3) is 0.364. The third kappa shape index (κ3) is 2.56. The first-order valence-corrected chi connectivity index (χ1v) is 8.79. The summed E-state index contributed by atoms with van der Waals surface area (Å²) < 4.78 is 5.93. The second kappa shape index (κ2) is 6.62. The number of aliphatic hydroxyl groups excluding tert-OH is 2. The zero-order valence-electron chi connectivity index (χ0n) is 10.0. The summed E-state index contributed by atoms with van der Waals surface area (Å²) in [5.74, 6) is 0. The number of nitrogens with zero attached hydrogens (tertiary/aromatic N) is 2. The molecule has 110 valence electrons. The lowest BCUT2D eigenvalue weighted by molar-refractivity contribution is 0.268. The Bertz CT molecular complexity index is 665. The van der Waals surface area contributed by atoms with Crippen molar-refractivity contribution in [3.8, 4) is 0 Å². The molecule has 2 aromatic rings. The standard InChI is InChI=1S/C11H10Br4N2O3/c12-5-6(13)8(15)10-9(7(5)14)16(1-3-18)11(20)17(10)2-4-19/h18-19H,1-4H2. The average molecular weight is 538 g/mol.